The van der Waals surface area contributed by atoms with Crippen LogP contribution in [0.2, 0.25) is 5.02 Å². The molecule has 1 aromatic heterocycles. The molecule has 0 aliphatic heterocycles. The lowest BCUT2D eigenvalue weighted by Gasteiger charge is -2.13. The number of halogens is 3. The maximum atomic E-state index is 13.9. The van der Waals surface area contributed by atoms with E-state index in [1.165, 1.54) is 24.3 Å². The van der Waals surface area contributed by atoms with Crippen molar-refractivity contribution < 1.29 is 22.0 Å². The highest BCUT2D eigenvalue weighted by molar-refractivity contribution is 7.90. The molecule has 0 saturated heterocycles. The van der Waals surface area contributed by atoms with Gasteiger partial charge >= 0.3 is 0 Å². The summed E-state index contributed by atoms with van der Waals surface area (Å²) in [5.74, 6) is -2.73. The van der Waals surface area contributed by atoms with E-state index in [9.17, 15) is 22.0 Å². The number of carbonyl (C=O) groups excluding carboxylic acids is 1. The molecule has 33 heavy (non-hydrogen) atoms. The van der Waals surface area contributed by atoms with Gasteiger partial charge < -0.3 is 10.3 Å². The molecule has 0 aliphatic rings. The minimum Gasteiger partial charge on any atom is -0.361 e. The molecule has 3 aromatic carbocycles. The third-order valence-corrected chi connectivity index (χ3v) is 6.45. The zero-order chi connectivity index (χ0) is 23.8. The van der Waals surface area contributed by atoms with Crippen molar-refractivity contribution in [2.75, 3.05) is 11.6 Å². The van der Waals surface area contributed by atoms with E-state index in [4.69, 9.17) is 11.6 Å². The van der Waals surface area contributed by atoms with Crippen LogP contribution < -0.4 is 5.32 Å². The lowest BCUT2D eigenvalue weighted by Crippen LogP contribution is -2.14. The van der Waals surface area contributed by atoms with Gasteiger partial charge in [-0.1, -0.05) is 17.7 Å². The third kappa shape index (κ3) is 4.81. The average molecular weight is 487 g/mol. The Hall–Kier alpha value is -3.49. The number of sulfone groups is 1. The molecule has 0 unspecified atom stereocenters. The van der Waals surface area contributed by atoms with Crippen LogP contribution in [0, 0.1) is 11.6 Å². The molecular formula is C24H17ClF2N2O3S. The smallest absolute Gasteiger partial charge is 0.256 e. The number of amides is 1. The predicted octanol–water partition coefficient (Wildman–Crippen LogP) is 5.94. The molecule has 0 bridgehead atoms. The summed E-state index contributed by atoms with van der Waals surface area (Å²) in [6.07, 6.45) is 2.77. The molecule has 168 valence electrons. The van der Waals surface area contributed by atoms with Crippen molar-refractivity contribution in [1.82, 2.24) is 4.98 Å². The fraction of sp³-hybridized carbons (Fsp3) is 0.0417. The summed E-state index contributed by atoms with van der Waals surface area (Å²) < 4.78 is 51.4. The van der Waals surface area contributed by atoms with Gasteiger partial charge in [0.05, 0.1) is 9.92 Å². The number of aromatic amines is 1. The standard InChI is InChI=1S/C24H17ClF2N2O3S/c1-33(31,32)16-6-7-17(18(13-16)14-4-9-21(26)22(27)11-14)24(30)29-15-5-8-20(25)19(12-15)23-3-2-10-28-23/h2-13,28H,1H3,(H,29,30). The number of rotatable bonds is 5. The second-order valence-electron chi connectivity index (χ2n) is 7.34. The lowest BCUT2D eigenvalue weighted by molar-refractivity contribution is 0.102. The number of nitrogens with one attached hydrogen (secondary N) is 2. The largest absolute Gasteiger partial charge is 0.361 e. The number of H-pyrrole nitrogens is 1. The van der Waals surface area contributed by atoms with Crippen molar-refractivity contribution >= 4 is 33.0 Å². The van der Waals surface area contributed by atoms with Crippen molar-refractivity contribution in [3.63, 3.8) is 0 Å². The summed E-state index contributed by atoms with van der Waals surface area (Å²) in [5.41, 5.74) is 2.27. The first-order valence-corrected chi connectivity index (χ1v) is 11.9. The fourth-order valence-corrected chi connectivity index (χ4v) is 4.23. The highest BCUT2D eigenvalue weighted by Crippen LogP contribution is 2.32. The van der Waals surface area contributed by atoms with Crippen LogP contribution >= 0.6 is 11.6 Å². The third-order valence-electron chi connectivity index (χ3n) is 5.01. The summed E-state index contributed by atoms with van der Waals surface area (Å²) in [6.45, 7) is 0. The highest BCUT2D eigenvalue weighted by atomic mass is 35.5. The molecule has 4 aromatic rings. The molecule has 0 saturated carbocycles. The second-order valence-corrected chi connectivity index (χ2v) is 9.76. The molecule has 0 radical (unpaired) electrons. The number of anilines is 1. The first-order valence-electron chi connectivity index (χ1n) is 9.67. The molecule has 1 amide bonds. The first kappa shape index (κ1) is 22.7. The van der Waals surface area contributed by atoms with Crippen molar-refractivity contribution in [3.05, 3.63) is 95.1 Å². The maximum Gasteiger partial charge on any atom is 0.256 e. The molecule has 0 fully saturated rings. The van der Waals surface area contributed by atoms with Gasteiger partial charge in [0.25, 0.3) is 5.91 Å². The molecule has 1 heterocycles. The van der Waals surface area contributed by atoms with Crippen LogP contribution in [-0.2, 0) is 9.84 Å². The molecule has 2 N–H and O–H groups in total. The zero-order valence-corrected chi connectivity index (χ0v) is 18.8. The van der Waals surface area contributed by atoms with Crippen LogP contribution in [-0.4, -0.2) is 25.6 Å². The molecule has 0 atom stereocenters. The predicted molar refractivity (Wildman–Crippen MR) is 124 cm³/mol. The van der Waals surface area contributed by atoms with Gasteiger partial charge in [-0.2, -0.15) is 0 Å². The molecule has 9 heteroatoms. The van der Waals surface area contributed by atoms with E-state index < -0.39 is 27.4 Å². The summed E-state index contributed by atoms with van der Waals surface area (Å²) in [4.78, 5) is 16.1. The Labute approximate surface area is 194 Å². The van der Waals surface area contributed by atoms with Crippen LogP contribution in [0.3, 0.4) is 0 Å². The SMILES string of the molecule is CS(=O)(=O)c1ccc(C(=O)Nc2ccc(Cl)c(-c3ccc[nH]3)c2)c(-c2ccc(F)c(F)c2)c1. The van der Waals surface area contributed by atoms with Gasteiger partial charge in [0.1, 0.15) is 0 Å². The van der Waals surface area contributed by atoms with E-state index >= 15 is 0 Å². The Kier molecular flexibility index (Phi) is 6.05. The second kappa shape index (κ2) is 8.80. The molecule has 0 aliphatic carbocycles. The van der Waals surface area contributed by atoms with Crippen molar-refractivity contribution in [2.45, 2.75) is 4.90 Å². The van der Waals surface area contributed by atoms with E-state index in [0.717, 1.165) is 24.1 Å². The van der Waals surface area contributed by atoms with Crippen LogP contribution in [0.1, 0.15) is 10.4 Å². The van der Waals surface area contributed by atoms with Crippen LogP contribution in [0.5, 0.6) is 0 Å². The van der Waals surface area contributed by atoms with Gasteiger partial charge in [-0.05, 0) is 71.8 Å². The molecular weight excluding hydrogens is 470 g/mol. The van der Waals surface area contributed by atoms with Gasteiger partial charge in [-0.25, -0.2) is 17.2 Å². The molecule has 4 rings (SSSR count). The topological polar surface area (TPSA) is 79.0 Å². The number of benzene rings is 3. The van der Waals surface area contributed by atoms with Gasteiger partial charge in [0.15, 0.2) is 21.5 Å². The minimum absolute atomic E-state index is 0.0562. The van der Waals surface area contributed by atoms with Crippen molar-refractivity contribution in [3.8, 4) is 22.4 Å². The van der Waals surface area contributed by atoms with E-state index in [0.29, 0.717) is 16.3 Å². The monoisotopic (exact) mass is 486 g/mol. The summed E-state index contributed by atoms with van der Waals surface area (Å²) in [5, 5.41) is 3.24. The van der Waals surface area contributed by atoms with Crippen LogP contribution in [0.15, 0.2) is 77.8 Å². The van der Waals surface area contributed by atoms with Crippen LogP contribution in [0.4, 0.5) is 14.5 Å². The van der Waals surface area contributed by atoms with E-state index in [1.54, 1.807) is 24.4 Å². The van der Waals surface area contributed by atoms with Gasteiger partial charge in [0.2, 0.25) is 0 Å². The number of carbonyl (C=O) groups is 1. The maximum absolute atomic E-state index is 13.9. The molecule has 5 nitrogen and oxygen atoms in total. The van der Waals surface area contributed by atoms with Crippen molar-refractivity contribution in [1.29, 1.82) is 0 Å². The Morgan fingerprint density at radius 3 is 2.39 bits per heavy atom. The van der Waals surface area contributed by atoms with Gasteiger partial charge in [-0.15, -0.1) is 0 Å². The highest BCUT2D eigenvalue weighted by Gasteiger charge is 2.19. The van der Waals surface area contributed by atoms with E-state index in [1.807, 2.05) is 12.1 Å². The summed E-state index contributed by atoms with van der Waals surface area (Å²) >= 11 is 6.28. The van der Waals surface area contributed by atoms with Crippen LogP contribution in [0.25, 0.3) is 22.4 Å². The quantitative estimate of drug-likeness (QED) is 0.366. The van der Waals surface area contributed by atoms with Crippen molar-refractivity contribution in [2.24, 2.45) is 0 Å². The Morgan fingerprint density at radius 1 is 0.939 bits per heavy atom. The van der Waals surface area contributed by atoms with Gasteiger partial charge in [0, 0.05) is 35.0 Å². The van der Waals surface area contributed by atoms with E-state index in [-0.39, 0.29) is 21.6 Å². The number of aromatic nitrogens is 1. The minimum atomic E-state index is -3.61. The number of hydrogen-bond donors (Lipinski definition) is 2. The van der Waals surface area contributed by atoms with Gasteiger partial charge in [-0.3, -0.25) is 4.79 Å². The zero-order valence-electron chi connectivity index (χ0n) is 17.2. The average Bonchev–Trinajstić information content (AvgIpc) is 3.30. The number of hydrogen-bond acceptors (Lipinski definition) is 3. The molecule has 0 spiro atoms. The Balaban J connectivity index is 1.76. The van der Waals surface area contributed by atoms with E-state index in [2.05, 4.69) is 10.3 Å². The lowest BCUT2D eigenvalue weighted by atomic mass is 9.98. The normalized spacial score (nSPS) is 11.4. The Bertz CT molecular complexity index is 1470. The summed E-state index contributed by atoms with van der Waals surface area (Å²) in [6, 6.07) is 15.6. The summed E-state index contributed by atoms with van der Waals surface area (Å²) in [7, 11) is -3.61. The Morgan fingerprint density at radius 2 is 1.73 bits per heavy atom. The fourth-order valence-electron chi connectivity index (χ4n) is 3.36. The first-order chi connectivity index (χ1) is 15.6.